The maximum absolute atomic E-state index is 13.2. The standard InChI is InChI=1S/C30H31N5O5/c36-28(31-21-12-14-34(17-21)30(39)33-24-9-5-4-8-23(24)29(37)38)19-10-11-26-25(16-19)32-27(20-13-15-40-18-20)35(26)22-6-2-1-3-7-22/h4-5,8-11,13,15-16,18,21-22H,1-3,6-7,12,14,17H2,(H,31,36)(H,33,39)(H,37,38). The van der Waals surface area contributed by atoms with E-state index >= 15 is 0 Å². The van der Waals surface area contributed by atoms with Crippen molar-refractivity contribution in [2.24, 2.45) is 0 Å². The van der Waals surface area contributed by atoms with Crippen LogP contribution >= 0.6 is 0 Å². The summed E-state index contributed by atoms with van der Waals surface area (Å²) in [7, 11) is 0. The molecule has 1 saturated carbocycles. The van der Waals surface area contributed by atoms with Crippen molar-refractivity contribution < 1.29 is 23.9 Å². The summed E-state index contributed by atoms with van der Waals surface area (Å²) in [5.74, 6) is -0.475. The molecule has 4 aromatic rings. The molecule has 10 nitrogen and oxygen atoms in total. The topological polar surface area (TPSA) is 130 Å². The van der Waals surface area contributed by atoms with Crippen LogP contribution in [0.4, 0.5) is 10.5 Å². The van der Waals surface area contributed by atoms with Crippen LogP contribution in [0.15, 0.2) is 65.5 Å². The number of urea groups is 1. The number of rotatable bonds is 6. The number of amides is 3. The van der Waals surface area contributed by atoms with Gasteiger partial charge in [0.15, 0.2) is 0 Å². The number of nitrogens with one attached hydrogen (secondary N) is 2. The van der Waals surface area contributed by atoms with E-state index in [1.54, 1.807) is 35.6 Å². The summed E-state index contributed by atoms with van der Waals surface area (Å²) in [6.45, 7) is 0.779. The van der Waals surface area contributed by atoms with Crippen LogP contribution in [-0.4, -0.2) is 56.6 Å². The van der Waals surface area contributed by atoms with E-state index in [9.17, 15) is 19.5 Å². The van der Waals surface area contributed by atoms with Crippen molar-refractivity contribution in [3.05, 3.63) is 72.2 Å². The molecular formula is C30H31N5O5. The predicted octanol–water partition coefficient (Wildman–Crippen LogP) is 5.54. The number of hydrogen-bond donors (Lipinski definition) is 3. The smallest absolute Gasteiger partial charge is 0.337 e. The molecule has 0 spiro atoms. The number of carboxylic acids is 1. The van der Waals surface area contributed by atoms with E-state index in [4.69, 9.17) is 9.40 Å². The van der Waals surface area contributed by atoms with Crippen molar-refractivity contribution >= 4 is 34.6 Å². The number of nitrogens with zero attached hydrogens (tertiary/aromatic N) is 3. The van der Waals surface area contributed by atoms with Crippen molar-refractivity contribution in [2.45, 2.75) is 50.6 Å². The third-order valence-corrected chi connectivity index (χ3v) is 7.88. The molecule has 2 fully saturated rings. The fourth-order valence-corrected chi connectivity index (χ4v) is 5.85. The highest BCUT2D eigenvalue weighted by Crippen LogP contribution is 2.36. The molecule has 206 valence electrons. The third-order valence-electron chi connectivity index (χ3n) is 7.88. The number of anilines is 1. The number of imidazole rings is 1. The van der Waals surface area contributed by atoms with Crippen LogP contribution < -0.4 is 10.6 Å². The minimum atomic E-state index is -1.11. The fourth-order valence-electron chi connectivity index (χ4n) is 5.85. The molecule has 1 saturated heterocycles. The molecule has 6 rings (SSSR count). The van der Waals surface area contributed by atoms with Gasteiger partial charge in [-0.25, -0.2) is 14.6 Å². The first kappa shape index (κ1) is 25.7. The van der Waals surface area contributed by atoms with E-state index in [0.29, 0.717) is 31.1 Å². The van der Waals surface area contributed by atoms with Gasteiger partial charge < -0.3 is 29.6 Å². The molecule has 2 aromatic heterocycles. The number of para-hydroxylation sites is 1. The Balaban J connectivity index is 1.16. The van der Waals surface area contributed by atoms with Crippen molar-refractivity contribution in [3.63, 3.8) is 0 Å². The number of aromatic nitrogens is 2. The van der Waals surface area contributed by atoms with Gasteiger partial charge >= 0.3 is 12.0 Å². The average molecular weight is 542 g/mol. The number of carbonyl (C=O) groups excluding carboxylic acids is 2. The van der Waals surface area contributed by atoms with Crippen LogP contribution in [0.2, 0.25) is 0 Å². The quantitative estimate of drug-likeness (QED) is 0.294. The fraction of sp³-hybridized carbons (Fsp3) is 0.333. The Morgan fingerprint density at radius 2 is 1.82 bits per heavy atom. The highest BCUT2D eigenvalue weighted by Gasteiger charge is 2.29. The number of furan rings is 1. The lowest BCUT2D eigenvalue weighted by molar-refractivity contribution is 0.0697. The highest BCUT2D eigenvalue weighted by molar-refractivity contribution is 6.00. The number of carboxylic acid groups (broad SMARTS) is 1. The number of benzene rings is 2. The molecular weight excluding hydrogens is 510 g/mol. The van der Waals surface area contributed by atoms with Crippen LogP contribution in [0.5, 0.6) is 0 Å². The lowest BCUT2D eigenvalue weighted by atomic mass is 9.95. The van der Waals surface area contributed by atoms with Crippen molar-refractivity contribution in [2.75, 3.05) is 18.4 Å². The summed E-state index contributed by atoms with van der Waals surface area (Å²) in [5.41, 5.74) is 3.46. The van der Waals surface area contributed by atoms with Gasteiger partial charge in [-0.05, 0) is 55.7 Å². The Hall–Kier alpha value is -4.60. The minimum Gasteiger partial charge on any atom is -0.478 e. The van der Waals surface area contributed by atoms with E-state index in [-0.39, 0.29) is 23.2 Å². The third kappa shape index (κ3) is 5.04. The number of hydrogen-bond acceptors (Lipinski definition) is 5. The SMILES string of the molecule is O=C(NC1CCN(C(=O)Nc2ccccc2C(=O)O)C1)c1ccc2c(c1)nc(-c1ccoc1)n2C1CCCCC1. The summed E-state index contributed by atoms with van der Waals surface area (Å²) in [6, 6.07) is 13.6. The number of aromatic carboxylic acids is 1. The van der Waals surface area contributed by atoms with E-state index in [0.717, 1.165) is 35.3 Å². The molecule has 1 aliphatic heterocycles. The molecule has 3 N–H and O–H groups in total. The molecule has 10 heteroatoms. The molecule has 1 aliphatic carbocycles. The number of carbonyl (C=O) groups is 3. The van der Waals surface area contributed by atoms with Crippen LogP contribution in [0.3, 0.4) is 0 Å². The second kappa shape index (κ2) is 10.9. The molecule has 3 heterocycles. The Bertz CT molecular complexity index is 1550. The van der Waals surface area contributed by atoms with Crippen LogP contribution in [0.1, 0.15) is 65.3 Å². The summed E-state index contributed by atoms with van der Waals surface area (Å²) < 4.78 is 7.65. The summed E-state index contributed by atoms with van der Waals surface area (Å²) in [4.78, 5) is 44.0. The summed E-state index contributed by atoms with van der Waals surface area (Å²) in [5, 5.41) is 15.1. The molecule has 2 aliphatic rings. The monoisotopic (exact) mass is 541 g/mol. The van der Waals surface area contributed by atoms with Crippen LogP contribution in [0.25, 0.3) is 22.4 Å². The van der Waals surface area contributed by atoms with Crippen LogP contribution in [0, 0.1) is 0 Å². The highest BCUT2D eigenvalue weighted by atomic mass is 16.4. The summed E-state index contributed by atoms with van der Waals surface area (Å²) >= 11 is 0. The van der Waals surface area contributed by atoms with E-state index in [1.807, 2.05) is 24.3 Å². The van der Waals surface area contributed by atoms with Gasteiger partial charge in [0.05, 0.1) is 34.1 Å². The number of fused-ring (bicyclic) bond motifs is 1. The van der Waals surface area contributed by atoms with E-state index in [1.165, 1.54) is 25.3 Å². The predicted molar refractivity (Wildman–Crippen MR) is 149 cm³/mol. The molecule has 40 heavy (non-hydrogen) atoms. The van der Waals surface area contributed by atoms with Gasteiger partial charge in [0.1, 0.15) is 12.1 Å². The zero-order valence-corrected chi connectivity index (χ0v) is 22.0. The maximum Gasteiger partial charge on any atom is 0.337 e. The van der Waals surface area contributed by atoms with E-state index < -0.39 is 12.0 Å². The Morgan fingerprint density at radius 3 is 2.60 bits per heavy atom. The zero-order chi connectivity index (χ0) is 27.6. The molecule has 0 radical (unpaired) electrons. The maximum atomic E-state index is 13.2. The van der Waals surface area contributed by atoms with Gasteiger partial charge in [-0.2, -0.15) is 0 Å². The second-order valence-electron chi connectivity index (χ2n) is 10.5. The normalized spacial score (nSPS) is 17.7. The number of likely N-dealkylation sites (tertiary alicyclic amines) is 1. The summed E-state index contributed by atoms with van der Waals surface area (Å²) in [6.07, 6.45) is 9.80. The second-order valence-corrected chi connectivity index (χ2v) is 10.5. The largest absolute Gasteiger partial charge is 0.478 e. The van der Waals surface area contributed by atoms with Crippen molar-refractivity contribution in [3.8, 4) is 11.4 Å². The van der Waals surface area contributed by atoms with Crippen LogP contribution in [-0.2, 0) is 0 Å². The Kier molecular flexibility index (Phi) is 6.98. The van der Waals surface area contributed by atoms with Gasteiger partial charge in [0.25, 0.3) is 5.91 Å². The lowest BCUT2D eigenvalue weighted by Crippen LogP contribution is -2.39. The molecule has 1 unspecified atom stereocenters. The molecule has 2 aromatic carbocycles. The van der Waals surface area contributed by atoms with Gasteiger partial charge in [0, 0.05) is 30.7 Å². The Labute approximate surface area is 231 Å². The Morgan fingerprint density at radius 1 is 1.00 bits per heavy atom. The minimum absolute atomic E-state index is 0.0251. The van der Waals surface area contributed by atoms with Gasteiger partial charge in [0.2, 0.25) is 0 Å². The van der Waals surface area contributed by atoms with Crippen molar-refractivity contribution in [1.82, 2.24) is 19.8 Å². The van der Waals surface area contributed by atoms with Gasteiger partial charge in [-0.1, -0.05) is 31.4 Å². The molecule has 3 amide bonds. The van der Waals surface area contributed by atoms with Gasteiger partial charge in [-0.3, -0.25) is 4.79 Å². The lowest BCUT2D eigenvalue weighted by Gasteiger charge is -2.25. The first-order valence-electron chi connectivity index (χ1n) is 13.7. The van der Waals surface area contributed by atoms with Crippen molar-refractivity contribution in [1.29, 1.82) is 0 Å². The van der Waals surface area contributed by atoms with E-state index in [2.05, 4.69) is 15.2 Å². The van der Waals surface area contributed by atoms with Gasteiger partial charge in [-0.15, -0.1) is 0 Å². The average Bonchev–Trinajstić information content (AvgIpc) is 3.73. The molecule has 0 bridgehead atoms. The first-order chi connectivity index (χ1) is 19.5. The molecule has 1 atom stereocenters. The first-order valence-corrected chi connectivity index (χ1v) is 13.7. The zero-order valence-electron chi connectivity index (χ0n) is 22.0.